The molecular weight excluding hydrogens is 275 g/mol. The largest absolute Gasteiger partial charge is 0.263 e. The maximum absolute atomic E-state index is 13.5. The first kappa shape index (κ1) is 13.8. The Morgan fingerprint density at radius 3 is 2.67 bits per heavy atom. The molecule has 1 aromatic heterocycles. The third-order valence-electron chi connectivity index (χ3n) is 3.04. The summed E-state index contributed by atoms with van der Waals surface area (Å²) in [7, 11) is -3.79. The number of rotatable bonds is 3. The van der Waals surface area contributed by atoms with Gasteiger partial charge < -0.3 is 0 Å². The molecule has 1 aliphatic rings. The Labute approximate surface area is 111 Å². The Hall–Kier alpha value is -0.660. The zero-order chi connectivity index (χ0) is 13.2. The van der Waals surface area contributed by atoms with Crippen LogP contribution in [0.25, 0.3) is 0 Å². The lowest BCUT2D eigenvalue weighted by Gasteiger charge is -2.29. The second-order valence-electron chi connectivity index (χ2n) is 4.13. The molecule has 0 radical (unpaired) electrons. The summed E-state index contributed by atoms with van der Waals surface area (Å²) >= 11 is 1.75. The number of thioether (sulfide) groups is 1. The van der Waals surface area contributed by atoms with Gasteiger partial charge in [0.2, 0.25) is 5.03 Å². The Morgan fingerprint density at radius 1 is 1.44 bits per heavy atom. The topological polar surface area (TPSA) is 50.3 Å². The standard InChI is InChI=1S/C11H15FN2O2S2/c1-17-9-4-7-14(8-5-9)18(15,16)11-10(12)3-2-6-13-11/h2-3,6,9H,4-5,7-8H2,1H3. The Kier molecular flexibility index (Phi) is 4.24. The van der Waals surface area contributed by atoms with Crippen LogP contribution < -0.4 is 0 Å². The van der Waals surface area contributed by atoms with Gasteiger partial charge in [0.15, 0.2) is 5.82 Å². The van der Waals surface area contributed by atoms with Gasteiger partial charge in [0.1, 0.15) is 0 Å². The highest BCUT2D eigenvalue weighted by atomic mass is 32.2. The van der Waals surface area contributed by atoms with Crippen molar-refractivity contribution in [2.75, 3.05) is 19.3 Å². The maximum atomic E-state index is 13.5. The highest BCUT2D eigenvalue weighted by Gasteiger charge is 2.31. The zero-order valence-electron chi connectivity index (χ0n) is 10.0. The molecule has 4 nitrogen and oxygen atoms in total. The van der Waals surface area contributed by atoms with E-state index in [1.165, 1.54) is 16.6 Å². The molecular formula is C11H15FN2O2S2. The fourth-order valence-electron chi connectivity index (χ4n) is 1.99. The predicted octanol–water partition coefficient (Wildman–Crippen LogP) is 1.74. The van der Waals surface area contributed by atoms with Gasteiger partial charge in [0.25, 0.3) is 10.0 Å². The average molecular weight is 290 g/mol. The number of halogens is 1. The van der Waals surface area contributed by atoms with Crippen molar-refractivity contribution >= 4 is 21.8 Å². The monoisotopic (exact) mass is 290 g/mol. The van der Waals surface area contributed by atoms with Crippen molar-refractivity contribution < 1.29 is 12.8 Å². The Balaban J connectivity index is 2.20. The molecule has 0 unspecified atom stereocenters. The summed E-state index contributed by atoms with van der Waals surface area (Å²) in [4.78, 5) is 3.65. The van der Waals surface area contributed by atoms with E-state index in [0.29, 0.717) is 18.3 Å². The third kappa shape index (κ3) is 2.67. The van der Waals surface area contributed by atoms with E-state index in [9.17, 15) is 12.8 Å². The smallest absolute Gasteiger partial charge is 0.241 e. The van der Waals surface area contributed by atoms with E-state index in [0.717, 1.165) is 18.9 Å². The van der Waals surface area contributed by atoms with E-state index in [4.69, 9.17) is 0 Å². The van der Waals surface area contributed by atoms with Crippen LogP contribution in [0.4, 0.5) is 4.39 Å². The summed E-state index contributed by atoms with van der Waals surface area (Å²) < 4.78 is 39.3. The fraction of sp³-hybridized carbons (Fsp3) is 0.545. The summed E-state index contributed by atoms with van der Waals surface area (Å²) in [5.74, 6) is -0.788. The average Bonchev–Trinajstić information content (AvgIpc) is 2.39. The molecule has 100 valence electrons. The van der Waals surface area contributed by atoms with E-state index in [2.05, 4.69) is 4.98 Å². The summed E-state index contributed by atoms with van der Waals surface area (Å²) in [5, 5.41) is 0.0256. The van der Waals surface area contributed by atoms with Gasteiger partial charge in [-0.15, -0.1) is 0 Å². The van der Waals surface area contributed by atoms with Gasteiger partial charge in [0, 0.05) is 24.5 Å². The van der Waals surface area contributed by atoms with Crippen LogP contribution >= 0.6 is 11.8 Å². The van der Waals surface area contributed by atoms with Crippen LogP contribution in [-0.4, -0.2) is 42.3 Å². The molecule has 0 saturated carbocycles. The third-order valence-corrected chi connectivity index (χ3v) is 6.02. The lowest BCUT2D eigenvalue weighted by Crippen LogP contribution is -2.39. The molecule has 0 aromatic carbocycles. The van der Waals surface area contributed by atoms with Gasteiger partial charge in [-0.25, -0.2) is 17.8 Å². The molecule has 0 amide bonds. The molecule has 2 rings (SSSR count). The second kappa shape index (κ2) is 5.54. The van der Waals surface area contributed by atoms with E-state index >= 15 is 0 Å². The van der Waals surface area contributed by atoms with Gasteiger partial charge in [-0.1, -0.05) is 0 Å². The molecule has 2 heterocycles. The quantitative estimate of drug-likeness (QED) is 0.851. The van der Waals surface area contributed by atoms with Crippen LogP contribution in [0.5, 0.6) is 0 Å². The fourth-order valence-corrected chi connectivity index (χ4v) is 4.12. The molecule has 7 heteroatoms. The van der Waals surface area contributed by atoms with Crippen molar-refractivity contribution in [2.45, 2.75) is 23.1 Å². The summed E-state index contributed by atoms with van der Waals surface area (Å²) in [6.07, 6.45) is 4.92. The Bertz CT molecular complexity index is 514. The van der Waals surface area contributed by atoms with Crippen LogP contribution in [0.1, 0.15) is 12.8 Å². The minimum Gasteiger partial charge on any atom is -0.241 e. The first-order chi connectivity index (χ1) is 8.55. The summed E-state index contributed by atoms with van der Waals surface area (Å²) in [6.45, 7) is 0.869. The highest BCUT2D eigenvalue weighted by molar-refractivity contribution is 7.99. The van der Waals surface area contributed by atoms with Crippen LogP contribution in [-0.2, 0) is 10.0 Å². The van der Waals surface area contributed by atoms with Crippen LogP contribution in [0.3, 0.4) is 0 Å². The summed E-state index contributed by atoms with van der Waals surface area (Å²) in [6, 6.07) is 2.50. The minimum absolute atomic E-state index is 0.434. The lowest BCUT2D eigenvalue weighted by molar-refractivity contribution is 0.349. The van der Waals surface area contributed by atoms with Crippen molar-refractivity contribution in [1.82, 2.24) is 9.29 Å². The number of pyridine rings is 1. The van der Waals surface area contributed by atoms with E-state index in [1.807, 2.05) is 6.26 Å². The zero-order valence-corrected chi connectivity index (χ0v) is 11.7. The molecule has 0 aliphatic carbocycles. The van der Waals surface area contributed by atoms with Crippen LogP contribution in [0, 0.1) is 5.82 Å². The molecule has 0 atom stereocenters. The number of piperidine rings is 1. The number of sulfonamides is 1. The van der Waals surface area contributed by atoms with E-state index in [-0.39, 0.29) is 0 Å². The highest BCUT2D eigenvalue weighted by Crippen LogP contribution is 2.25. The number of hydrogen-bond acceptors (Lipinski definition) is 4. The van der Waals surface area contributed by atoms with Gasteiger partial charge in [-0.3, -0.25) is 0 Å². The molecule has 1 saturated heterocycles. The molecule has 1 aliphatic heterocycles. The van der Waals surface area contributed by atoms with Gasteiger partial charge in [-0.2, -0.15) is 16.1 Å². The van der Waals surface area contributed by atoms with E-state index < -0.39 is 20.9 Å². The molecule has 1 fully saturated rings. The first-order valence-corrected chi connectivity index (χ1v) is 8.42. The second-order valence-corrected chi connectivity index (χ2v) is 7.12. The number of hydrogen-bond donors (Lipinski definition) is 0. The van der Waals surface area contributed by atoms with Crippen molar-refractivity contribution in [3.05, 3.63) is 24.1 Å². The van der Waals surface area contributed by atoms with Crippen LogP contribution in [0.15, 0.2) is 23.4 Å². The normalized spacial score (nSPS) is 19.0. The van der Waals surface area contributed by atoms with Crippen LogP contribution in [0.2, 0.25) is 0 Å². The number of aromatic nitrogens is 1. The van der Waals surface area contributed by atoms with Crippen molar-refractivity contribution in [3.63, 3.8) is 0 Å². The molecule has 0 bridgehead atoms. The lowest BCUT2D eigenvalue weighted by atomic mass is 10.2. The molecule has 18 heavy (non-hydrogen) atoms. The minimum atomic E-state index is -3.79. The Morgan fingerprint density at radius 2 is 2.11 bits per heavy atom. The van der Waals surface area contributed by atoms with E-state index in [1.54, 1.807) is 11.8 Å². The van der Waals surface area contributed by atoms with Gasteiger partial charge in [-0.05, 0) is 31.2 Å². The van der Waals surface area contributed by atoms with Gasteiger partial charge in [0.05, 0.1) is 0 Å². The van der Waals surface area contributed by atoms with Gasteiger partial charge >= 0.3 is 0 Å². The molecule has 1 aromatic rings. The molecule has 0 spiro atoms. The summed E-state index contributed by atoms with van der Waals surface area (Å²) in [5.41, 5.74) is 0. The van der Waals surface area contributed by atoms with Crippen molar-refractivity contribution in [1.29, 1.82) is 0 Å². The first-order valence-electron chi connectivity index (χ1n) is 5.69. The van der Waals surface area contributed by atoms with Crippen molar-refractivity contribution in [3.8, 4) is 0 Å². The predicted molar refractivity (Wildman–Crippen MR) is 69.5 cm³/mol. The number of nitrogens with zero attached hydrogens (tertiary/aromatic N) is 2. The molecule has 0 N–H and O–H groups in total. The maximum Gasteiger partial charge on any atom is 0.263 e. The van der Waals surface area contributed by atoms with Crippen molar-refractivity contribution in [2.24, 2.45) is 0 Å². The SMILES string of the molecule is CSC1CCN(S(=O)(=O)c2ncccc2F)CC1.